The van der Waals surface area contributed by atoms with Crippen LogP contribution in [0.25, 0.3) is 0 Å². The number of rotatable bonds is 3. The van der Waals surface area contributed by atoms with Crippen molar-refractivity contribution in [2.75, 3.05) is 20.2 Å². The average Bonchev–Trinajstić information content (AvgIpc) is 2.12. The van der Waals surface area contributed by atoms with Crippen molar-refractivity contribution in [3.63, 3.8) is 0 Å². The molecule has 84 valence electrons. The minimum atomic E-state index is -0.378. The van der Waals surface area contributed by atoms with Crippen molar-refractivity contribution in [2.24, 2.45) is 11.7 Å². The van der Waals surface area contributed by atoms with Gasteiger partial charge in [0, 0.05) is 6.04 Å². The molecular weight excluding hydrogens is 176 g/mol. The second-order valence-corrected chi connectivity index (χ2v) is 5.12. The van der Waals surface area contributed by atoms with Gasteiger partial charge in [0.15, 0.2) is 0 Å². The van der Waals surface area contributed by atoms with E-state index in [1.807, 2.05) is 0 Å². The SMILES string of the molecule is CC(C)CC1N(C)CCCC1(N)CO. The average molecular weight is 200 g/mol. The van der Waals surface area contributed by atoms with Crippen molar-refractivity contribution >= 4 is 0 Å². The molecule has 3 heteroatoms. The van der Waals surface area contributed by atoms with Crippen LogP contribution in [0.15, 0.2) is 0 Å². The number of hydrogen-bond acceptors (Lipinski definition) is 3. The number of likely N-dealkylation sites (tertiary alicyclic amines) is 1. The number of aliphatic hydroxyl groups excluding tert-OH is 1. The van der Waals surface area contributed by atoms with Gasteiger partial charge in [0.25, 0.3) is 0 Å². The van der Waals surface area contributed by atoms with E-state index in [0.717, 1.165) is 25.8 Å². The molecular formula is C11H24N2O. The fourth-order valence-corrected chi connectivity index (χ4v) is 2.46. The molecule has 2 unspecified atom stereocenters. The molecule has 1 aliphatic rings. The largest absolute Gasteiger partial charge is 0.394 e. The molecule has 0 radical (unpaired) electrons. The number of likely N-dealkylation sites (N-methyl/N-ethyl adjacent to an activating group) is 1. The monoisotopic (exact) mass is 200 g/mol. The van der Waals surface area contributed by atoms with Crippen LogP contribution in [-0.2, 0) is 0 Å². The highest BCUT2D eigenvalue weighted by Gasteiger charge is 2.39. The maximum atomic E-state index is 9.40. The zero-order valence-corrected chi connectivity index (χ0v) is 9.66. The summed E-state index contributed by atoms with van der Waals surface area (Å²) in [5.41, 5.74) is 5.87. The standard InChI is InChI=1S/C11H24N2O/c1-9(2)7-10-11(12,8-14)5-4-6-13(10)3/h9-10,14H,4-8,12H2,1-3H3. The van der Waals surface area contributed by atoms with Gasteiger partial charge in [-0.1, -0.05) is 13.8 Å². The Balaban J connectivity index is 2.71. The highest BCUT2D eigenvalue weighted by atomic mass is 16.3. The predicted octanol–water partition coefficient (Wildman–Crippen LogP) is 0.816. The quantitative estimate of drug-likeness (QED) is 0.709. The molecule has 1 rings (SSSR count). The van der Waals surface area contributed by atoms with Crippen LogP contribution in [-0.4, -0.2) is 41.8 Å². The van der Waals surface area contributed by atoms with Gasteiger partial charge in [0.2, 0.25) is 0 Å². The van der Waals surface area contributed by atoms with Gasteiger partial charge in [-0.2, -0.15) is 0 Å². The van der Waals surface area contributed by atoms with E-state index >= 15 is 0 Å². The first-order valence-corrected chi connectivity index (χ1v) is 5.59. The summed E-state index contributed by atoms with van der Waals surface area (Å²) in [6, 6.07) is 0.334. The molecule has 0 amide bonds. The smallest absolute Gasteiger partial charge is 0.0626 e. The number of nitrogens with zero attached hydrogens (tertiary/aromatic N) is 1. The molecule has 0 spiro atoms. The maximum Gasteiger partial charge on any atom is 0.0626 e. The molecule has 0 aromatic rings. The van der Waals surface area contributed by atoms with Gasteiger partial charge >= 0.3 is 0 Å². The minimum absolute atomic E-state index is 0.106. The van der Waals surface area contributed by atoms with Crippen molar-refractivity contribution in [3.05, 3.63) is 0 Å². The molecule has 14 heavy (non-hydrogen) atoms. The first kappa shape index (κ1) is 12.0. The van der Waals surface area contributed by atoms with Crippen LogP contribution < -0.4 is 5.73 Å². The van der Waals surface area contributed by atoms with Gasteiger partial charge in [-0.05, 0) is 38.8 Å². The molecule has 0 aromatic carbocycles. The van der Waals surface area contributed by atoms with Gasteiger partial charge in [0.05, 0.1) is 12.1 Å². The van der Waals surface area contributed by atoms with Crippen LogP contribution in [0, 0.1) is 5.92 Å². The van der Waals surface area contributed by atoms with Crippen LogP contribution >= 0.6 is 0 Å². The first-order chi connectivity index (χ1) is 6.49. The zero-order valence-electron chi connectivity index (χ0n) is 9.66. The minimum Gasteiger partial charge on any atom is -0.394 e. The van der Waals surface area contributed by atoms with Gasteiger partial charge < -0.3 is 15.7 Å². The summed E-state index contributed by atoms with van der Waals surface area (Å²) in [4.78, 5) is 2.31. The van der Waals surface area contributed by atoms with Crippen LogP contribution in [0.3, 0.4) is 0 Å². The summed E-state index contributed by atoms with van der Waals surface area (Å²) >= 11 is 0. The normalized spacial score (nSPS) is 35.1. The van der Waals surface area contributed by atoms with E-state index in [-0.39, 0.29) is 12.1 Å². The highest BCUT2D eigenvalue weighted by Crippen LogP contribution is 2.28. The molecule has 0 bridgehead atoms. The number of hydrogen-bond donors (Lipinski definition) is 2. The Morgan fingerprint density at radius 1 is 1.57 bits per heavy atom. The van der Waals surface area contributed by atoms with E-state index in [9.17, 15) is 5.11 Å². The molecule has 3 N–H and O–H groups in total. The maximum absolute atomic E-state index is 9.40. The van der Waals surface area contributed by atoms with E-state index in [4.69, 9.17) is 5.73 Å². The third-order valence-electron chi connectivity index (χ3n) is 3.34. The predicted molar refractivity (Wildman–Crippen MR) is 59.1 cm³/mol. The fourth-order valence-electron chi connectivity index (χ4n) is 2.46. The van der Waals surface area contributed by atoms with E-state index in [0.29, 0.717) is 12.0 Å². The molecule has 1 heterocycles. The summed E-state index contributed by atoms with van der Waals surface area (Å²) < 4.78 is 0. The lowest BCUT2D eigenvalue weighted by atomic mass is 9.79. The molecule has 1 aliphatic heterocycles. The van der Waals surface area contributed by atoms with Gasteiger partial charge in [0.1, 0.15) is 0 Å². The molecule has 1 saturated heterocycles. The summed E-state index contributed by atoms with van der Waals surface area (Å²) in [7, 11) is 2.11. The van der Waals surface area contributed by atoms with E-state index in [1.165, 1.54) is 0 Å². The highest BCUT2D eigenvalue weighted by molar-refractivity contribution is 4.99. The van der Waals surface area contributed by atoms with Crippen LogP contribution in [0.2, 0.25) is 0 Å². The lowest BCUT2D eigenvalue weighted by molar-refractivity contribution is 0.0375. The zero-order chi connectivity index (χ0) is 10.8. The Bertz CT molecular complexity index is 184. The second-order valence-electron chi connectivity index (χ2n) is 5.12. The lowest BCUT2D eigenvalue weighted by Crippen LogP contribution is -2.63. The van der Waals surface area contributed by atoms with Gasteiger partial charge in [-0.15, -0.1) is 0 Å². The Morgan fingerprint density at radius 3 is 2.71 bits per heavy atom. The number of nitrogens with two attached hydrogens (primary N) is 1. The molecule has 0 aliphatic carbocycles. The Hall–Kier alpha value is -0.120. The van der Waals surface area contributed by atoms with Crippen LogP contribution in [0.1, 0.15) is 33.1 Å². The second kappa shape index (κ2) is 4.60. The van der Waals surface area contributed by atoms with Crippen molar-refractivity contribution in [1.29, 1.82) is 0 Å². The van der Waals surface area contributed by atoms with Crippen molar-refractivity contribution in [2.45, 2.75) is 44.7 Å². The Kier molecular flexibility index (Phi) is 3.93. The molecule has 0 aromatic heterocycles. The van der Waals surface area contributed by atoms with Crippen molar-refractivity contribution < 1.29 is 5.11 Å². The van der Waals surface area contributed by atoms with Gasteiger partial charge in [-0.25, -0.2) is 0 Å². The van der Waals surface area contributed by atoms with E-state index in [2.05, 4.69) is 25.8 Å². The summed E-state index contributed by atoms with van der Waals surface area (Å²) in [6.45, 7) is 5.63. The van der Waals surface area contributed by atoms with E-state index in [1.54, 1.807) is 0 Å². The van der Waals surface area contributed by atoms with Crippen LogP contribution in [0.5, 0.6) is 0 Å². The van der Waals surface area contributed by atoms with Crippen molar-refractivity contribution in [1.82, 2.24) is 4.90 Å². The third-order valence-corrected chi connectivity index (χ3v) is 3.34. The Labute approximate surface area is 87.3 Å². The fraction of sp³-hybridized carbons (Fsp3) is 1.00. The molecule has 2 atom stereocenters. The summed E-state index contributed by atoms with van der Waals surface area (Å²) in [5.74, 6) is 0.634. The first-order valence-electron chi connectivity index (χ1n) is 5.59. The third kappa shape index (κ3) is 2.47. The van der Waals surface area contributed by atoms with Crippen LogP contribution in [0.4, 0.5) is 0 Å². The molecule has 1 fully saturated rings. The molecule has 0 saturated carbocycles. The molecule has 3 nitrogen and oxygen atoms in total. The lowest BCUT2D eigenvalue weighted by Gasteiger charge is -2.46. The number of aliphatic hydroxyl groups is 1. The Morgan fingerprint density at radius 2 is 2.21 bits per heavy atom. The topological polar surface area (TPSA) is 49.5 Å². The van der Waals surface area contributed by atoms with E-state index < -0.39 is 0 Å². The number of piperidine rings is 1. The van der Waals surface area contributed by atoms with Crippen molar-refractivity contribution in [3.8, 4) is 0 Å². The van der Waals surface area contributed by atoms with Gasteiger partial charge in [-0.3, -0.25) is 0 Å². The summed E-state index contributed by atoms with van der Waals surface area (Å²) in [5, 5.41) is 9.40. The summed E-state index contributed by atoms with van der Waals surface area (Å²) in [6.07, 6.45) is 3.13.